The standard InChI is InChI=1S/C18H12N2O3S/c21-12-13-6-7-14-8-10-20(16(14)11-13)24(22,23)17-5-1-3-15-4-2-9-19-18(15)17/h1-12H. The van der Waals surface area contributed by atoms with Crippen LogP contribution in [0.3, 0.4) is 0 Å². The van der Waals surface area contributed by atoms with Gasteiger partial charge < -0.3 is 0 Å². The van der Waals surface area contributed by atoms with E-state index in [-0.39, 0.29) is 4.90 Å². The third kappa shape index (κ3) is 2.11. The first-order valence-electron chi connectivity index (χ1n) is 7.27. The molecule has 118 valence electrons. The molecule has 2 aromatic heterocycles. The van der Waals surface area contributed by atoms with E-state index in [9.17, 15) is 13.2 Å². The molecule has 2 heterocycles. The first-order chi connectivity index (χ1) is 11.6. The van der Waals surface area contributed by atoms with Gasteiger partial charge in [0.1, 0.15) is 11.2 Å². The van der Waals surface area contributed by atoms with E-state index >= 15 is 0 Å². The molecule has 0 amide bonds. The molecule has 0 saturated heterocycles. The molecule has 0 aliphatic rings. The lowest BCUT2D eigenvalue weighted by atomic mass is 10.2. The van der Waals surface area contributed by atoms with Crippen LogP contribution in [0.25, 0.3) is 21.8 Å². The Balaban J connectivity index is 2.03. The number of fused-ring (bicyclic) bond motifs is 2. The summed E-state index contributed by atoms with van der Waals surface area (Å²) >= 11 is 0. The number of benzene rings is 2. The number of nitrogens with zero attached hydrogens (tertiary/aromatic N) is 2. The van der Waals surface area contributed by atoms with Gasteiger partial charge in [0.25, 0.3) is 10.0 Å². The van der Waals surface area contributed by atoms with E-state index in [1.54, 1.807) is 48.7 Å². The maximum atomic E-state index is 13.2. The fraction of sp³-hybridized carbons (Fsp3) is 0. The predicted molar refractivity (Wildman–Crippen MR) is 91.7 cm³/mol. The SMILES string of the molecule is O=Cc1ccc2ccn(S(=O)(=O)c3cccc4cccnc34)c2c1. The van der Waals surface area contributed by atoms with Gasteiger partial charge in [-0.15, -0.1) is 0 Å². The van der Waals surface area contributed by atoms with Crippen LogP contribution in [0, 0.1) is 0 Å². The maximum absolute atomic E-state index is 13.2. The average Bonchev–Trinajstić information content (AvgIpc) is 3.05. The number of aldehydes is 1. The molecule has 0 atom stereocenters. The Hall–Kier alpha value is -2.99. The van der Waals surface area contributed by atoms with Crippen LogP contribution in [0.1, 0.15) is 10.4 Å². The Bertz CT molecular complexity index is 1190. The average molecular weight is 336 g/mol. The second-order valence-electron chi connectivity index (χ2n) is 5.38. The van der Waals surface area contributed by atoms with Crippen molar-refractivity contribution in [3.63, 3.8) is 0 Å². The summed E-state index contributed by atoms with van der Waals surface area (Å²) in [6, 6.07) is 15.3. The third-order valence-corrected chi connectivity index (χ3v) is 5.67. The Morgan fingerprint density at radius 2 is 1.79 bits per heavy atom. The zero-order valence-corrected chi connectivity index (χ0v) is 13.3. The zero-order chi connectivity index (χ0) is 16.7. The quantitative estimate of drug-likeness (QED) is 0.539. The van der Waals surface area contributed by atoms with Crippen LogP contribution < -0.4 is 0 Å². The molecular weight excluding hydrogens is 324 g/mol. The first-order valence-corrected chi connectivity index (χ1v) is 8.71. The van der Waals surface area contributed by atoms with Crippen molar-refractivity contribution >= 4 is 38.1 Å². The summed E-state index contributed by atoms with van der Waals surface area (Å²) in [6.07, 6.45) is 3.76. The van der Waals surface area contributed by atoms with Gasteiger partial charge in [-0.3, -0.25) is 9.78 Å². The first kappa shape index (κ1) is 14.6. The molecule has 6 heteroatoms. The molecule has 24 heavy (non-hydrogen) atoms. The molecule has 0 unspecified atom stereocenters. The van der Waals surface area contributed by atoms with Gasteiger partial charge in [0.2, 0.25) is 0 Å². The third-order valence-electron chi connectivity index (χ3n) is 3.95. The fourth-order valence-corrected chi connectivity index (χ4v) is 4.31. The topological polar surface area (TPSA) is 69.0 Å². The highest BCUT2D eigenvalue weighted by Gasteiger charge is 2.22. The lowest BCUT2D eigenvalue weighted by Gasteiger charge is -2.10. The summed E-state index contributed by atoms with van der Waals surface area (Å²) in [6.45, 7) is 0. The van der Waals surface area contributed by atoms with Crippen molar-refractivity contribution in [2.24, 2.45) is 0 Å². The number of rotatable bonds is 3. The van der Waals surface area contributed by atoms with Crippen molar-refractivity contribution in [3.8, 4) is 0 Å². The monoisotopic (exact) mass is 336 g/mol. The van der Waals surface area contributed by atoms with Crippen molar-refractivity contribution in [1.82, 2.24) is 8.96 Å². The van der Waals surface area contributed by atoms with E-state index < -0.39 is 10.0 Å². The molecule has 0 fully saturated rings. The summed E-state index contributed by atoms with van der Waals surface area (Å²) in [7, 11) is -3.84. The molecule has 0 saturated carbocycles. The van der Waals surface area contributed by atoms with Gasteiger partial charge in [-0.05, 0) is 24.3 Å². The smallest absolute Gasteiger partial charge is 0.270 e. The van der Waals surface area contributed by atoms with Gasteiger partial charge in [-0.2, -0.15) is 0 Å². The van der Waals surface area contributed by atoms with Crippen molar-refractivity contribution in [1.29, 1.82) is 0 Å². The van der Waals surface area contributed by atoms with Gasteiger partial charge in [0.05, 0.1) is 11.0 Å². The second-order valence-corrected chi connectivity index (χ2v) is 7.17. The molecule has 0 aliphatic heterocycles. The van der Waals surface area contributed by atoms with Gasteiger partial charge in [-0.1, -0.05) is 30.3 Å². The van der Waals surface area contributed by atoms with Crippen LogP contribution in [0.5, 0.6) is 0 Å². The van der Waals surface area contributed by atoms with Gasteiger partial charge in [0.15, 0.2) is 0 Å². The molecule has 0 aliphatic carbocycles. The van der Waals surface area contributed by atoms with E-state index in [0.29, 0.717) is 22.9 Å². The lowest BCUT2D eigenvalue weighted by Crippen LogP contribution is -2.12. The molecule has 4 aromatic rings. The molecule has 0 spiro atoms. The van der Waals surface area contributed by atoms with Gasteiger partial charge in [0, 0.05) is 28.7 Å². The summed E-state index contributed by atoms with van der Waals surface area (Å²) in [5.74, 6) is 0. The van der Waals surface area contributed by atoms with Crippen LogP contribution >= 0.6 is 0 Å². The molecule has 4 rings (SSSR count). The van der Waals surface area contributed by atoms with E-state index in [2.05, 4.69) is 4.98 Å². The van der Waals surface area contributed by atoms with Crippen molar-refractivity contribution in [2.45, 2.75) is 4.90 Å². The van der Waals surface area contributed by atoms with Crippen molar-refractivity contribution in [3.05, 3.63) is 72.6 Å². The largest absolute Gasteiger partial charge is 0.298 e. The summed E-state index contributed by atoms with van der Waals surface area (Å²) in [5.41, 5.74) is 1.31. The van der Waals surface area contributed by atoms with Gasteiger partial charge in [-0.25, -0.2) is 12.4 Å². The predicted octanol–water partition coefficient (Wildman–Crippen LogP) is 3.24. The summed E-state index contributed by atoms with van der Waals surface area (Å²) in [4.78, 5) is 15.4. The van der Waals surface area contributed by atoms with Crippen LogP contribution in [0.4, 0.5) is 0 Å². The van der Waals surface area contributed by atoms with Crippen LogP contribution in [-0.2, 0) is 10.0 Å². The number of carbonyl (C=O) groups is 1. The van der Waals surface area contributed by atoms with E-state index in [0.717, 1.165) is 10.8 Å². The van der Waals surface area contributed by atoms with E-state index in [1.807, 2.05) is 12.1 Å². The lowest BCUT2D eigenvalue weighted by molar-refractivity contribution is 0.112. The highest BCUT2D eigenvalue weighted by atomic mass is 32.2. The van der Waals surface area contributed by atoms with Crippen molar-refractivity contribution < 1.29 is 13.2 Å². The normalized spacial score (nSPS) is 11.8. The van der Waals surface area contributed by atoms with E-state index in [4.69, 9.17) is 0 Å². The van der Waals surface area contributed by atoms with E-state index in [1.165, 1.54) is 10.2 Å². The van der Waals surface area contributed by atoms with Crippen LogP contribution in [-0.4, -0.2) is 23.7 Å². The number of pyridine rings is 1. The number of aromatic nitrogens is 2. The maximum Gasteiger partial charge on any atom is 0.270 e. The summed E-state index contributed by atoms with van der Waals surface area (Å²) < 4.78 is 27.5. The molecular formula is C18H12N2O3S. The summed E-state index contributed by atoms with van der Waals surface area (Å²) in [5, 5.41) is 1.50. The fourth-order valence-electron chi connectivity index (χ4n) is 2.79. The minimum absolute atomic E-state index is 0.134. The van der Waals surface area contributed by atoms with Crippen LogP contribution in [0.15, 0.2) is 71.9 Å². The molecule has 5 nitrogen and oxygen atoms in total. The molecule has 0 radical (unpaired) electrons. The van der Waals surface area contributed by atoms with Crippen LogP contribution in [0.2, 0.25) is 0 Å². The second kappa shape index (κ2) is 5.28. The minimum Gasteiger partial charge on any atom is -0.298 e. The molecule has 0 N–H and O–H groups in total. The Morgan fingerprint density at radius 3 is 2.62 bits per heavy atom. The molecule has 2 aromatic carbocycles. The Labute approximate surface area is 138 Å². The number of hydrogen-bond donors (Lipinski definition) is 0. The highest BCUT2D eigenvalue weighted by Crippen LogP contribution is 2.27. The highest BCUT2D eigenvalue weighted by molar-refractivity contribution is 7.90. The van der Waals surface area contributed by atoms with Gasteiger partial charge >= 0.3 is 0 Å². The Morgan fingerprint density at radius 1 is 0.958 bits per heavy atom. The number of carbonyl (C=O) groups excluding carboxylic acids is 1. The minimum atomic E-state index is -3.84. The number of hydrogen-bond acceptors (Lipinski definition) is 4. The number of para-hydroxylation sites is 1. The van der Waals surface area contributed by atoms with Crippen molar-refractivity contribution in [2.75, 3.05) is 0 Å². The zero-order valence-electron chi connectivity index (χ0n) is 12.5. The Kier molecular flexibility index (Phi) is 3.21. The molecule has 0 bridgehead atoms.